The first kappa shape index (κ1) is 15.4. The number of para-hydroxylation sites is 1. The Kier molecular flexibility index (Phi) is 4.67. The number of carboxylic acids is 1. The first-order valence-corrected chi connectivity index (χ1v) is 6.45. The van der Waals surface area contributed by atoms with E-state index in [4.69, 9.17) is 19.0 Å². The predicted octanol–water partition coefficient (Wildman–Crippen LogP) is 2.26. The molecule has 2 N–H and O–H groups in total. The molecule has 1 aromatic carbocycles. The molecule has 0 aliphatic rings. The average Bonchev–Trinajstić information content (AvgIpc) is 2.47. The van der Waals surface area contributed by atoms with E-state index >= 15 is 0 Å². The van der Waals surface area contributed by atoms with E-state index in [1.807, 2.05) is 0 Å². The first-order chi connectivity index (χ1) is 10.5. The summed E-state index contributed by atoms with van der Waals surface area (Å²) < 4.78 is 15.4. The minimum Gasteiger partial charge on any atom is -0.504 e. The number of benzene rings is 1. The highest BCUT2D eigenvalue weighted by atomic mass is 16.5. The highest BCUT2D eigenvalue weighted by Gasteiger charge is 2.17. The van der Waals surface area contributed by atoms with E-state index in [9.17, 15) is 14.7 Å². The molecule has 0 aliphatic carbocycles. The molecule has 2 rings (SSSR count). The maximum Gasteiger partial charge on any atom is 0.383 e. The fourth-order valence-electron chi connectivity index (χ4n) is 1.77. The molecule has 0 radical (unpaired) electrons. The summed E-state index contributed by atoms with van der Waals surface area (Å²) in [7, 11) is 0. The molecule has 22 heavy (non-hydrogen) atoms. The van der Waals surface area contributed by atoms with E-state index in [-0.39, 0.29) is 41.2 Å². The van der Waals surface area contributed by atoms with Gasteiger partial charge >= 0.3 is 11.6 Å². The van der Waals surface area contributed by atoms with Gasteiger partial charge in [-0.3, -0.25) is 4.79 Å². The van der Waals surface area contributed by atoms with Crippen LogP contribution in [0.1, 0.15) is 13.3 Å². The van der Waals surface area contributed by atoms with E-state index < -0.39 is 11.6 Å². The average molecular weight is 306 g/mol. The Morgan fingerprint density at radius 3 is 2.86 bits per heavy atom. The number of carboxylic acid groups (broad SMARTS) is 1. The van der Waals surface area contributed by atoms with Crippen molar-refractivity contribution in [3.63, 3.8) is 0 Å². The van der Waals surface area contributed by atoms with E-state index in [1.165, 1.54) is 18.4 Å². The van der Waals surface area contributed by atoms with Crippen molar-refractivity contribution in [2.75, 3.05) is 6.61 Å². The van der Waals surface area contributed by atoms with E-state index in [2.05, 4.69) is 0 Å². The lowest BCUT2D eigenvalue weighted by molar-refractivity contribution is -0.137. The standard InChI is InChI=1S/C15H14O7/c1-2-7-21-14-12(18)9-4-3-5-10(13(9)22-15(14)19)20-8-6-11(16)17/h2-5,7,18H,6,8H2,1H3,(H,16,17). The quantitative estimate of drug-likeness (QED) is 0.622. The van der Waals surface area contributed by atoms with Crippen molar-refractivity contribution in [2.45, 2.75) is 13.3 Å². The lowest BCUT2D eigenvalue weighted by atomic mass is 10.2. The fraction of sp³-hybridized carbons (Fsp3) is 0.200. The van der Waals surface area contributed by atoms with Gasteiger partial charge < -0.3 is 24.1 Å². The third-order valence-electron chi connectivity index (χ3n) is 2.72. The number of ether oxygens (including phenoxy) is 2. The van der Waals surface area contributed by atoms with Crippen LogP contribution < -0.4 is 15.1 Å². The largest absolute Gasteiger partial charge is 0.504 e. The number of hydrogen-bond donors (Lipinski definition) is 2. The molecule has 0 bridgehead atoms. The molecule has 116 valence electrons. The number of rotatable bonds is 6. The zero-order chi connectivity index (χ0) is 16.1. The SMILES string of the molecule is CC=COc1c(O)c2cccc(OCCC(=O)O)c2oc1=O. The number of aromatic hydroxyl groups is 1. The van der Waals surface area contributed by atoms with Crippen molar-refractivity contribution in [1.82, 2.24) is 0 Å². The summed E-state index contributed by atoms with van der Waals surface area (Å²) in [5.41, 5.74) is -0.833. The lowest BCUT2D eigenvalue weighted by Crippen LogP contribution is -2.07. The van der Waals surface area contributed by atoms with Gasteiger partial charge in [-0.25, -0.2) is 4.79 Å². The Labute approximate surface area is 125 Å². The van der Waals surface area contributed by atoms with Crippen molar-refractivity contribution < 1.29 is 28.9 Å². The van der Waals surface area contributed by atoms with Crippen LogP contribution in [0, 0.1) is 0 Å². The molecule has 0 unspecified atom stereocenters. The maximum absolute atomic E-state index is 11.9. The van der Waals surface area contributed by atoms with Gasteiger partial charge in [0.2, 0.25) is 0 Å². The third-order valence-corrected chi connectivity index (χ3v) is 2.72. The van der Waals surface area contributed by atoms with Gasteiger partial charge in [0.05, 0.1) is 24.7 Å². The molecule has 0 saturated carbocycles. The Morgan fingerprint density at radius 1 is 1.41 bits per heavy atom. The van der Waals surface area contributed by atoms with Crippen molar-refractivity contribution in [3.05, 3.63) is 41.0 Å². The van der Waals surface area contributed by atoms with E-state index in [0.717, 1.165) is 0 Å². The highest BCUT2D eigenvalue weighted by molar-refractivity contribution is 5.89. The molecule has 7 nitrogen and oxygen atoms in total. The maximum atomic E-state index is 11.9. The summed E-state index contributed by atoms with van der Waals surface area (Å²) in [6.45, 7) is 1.60. The molecular formula is C15H14O7. The van der Waals surface area contributed by atoms with Crippen LogP contribution in [0.5, 0.6) is 17.2 Å². The van der Waals surface area contributed by atoms with Crippen LogP contribution >= 0.6 is 0 Å². The van der Waals surface area contributed by atoms with Crippen LogP contribution in [0.25, 0.3) is 11.0 Å². The zero-order valence-corrected chi connectivity index (χ0v) is 11.7. The summed E-state index contributed by atoms with van der Waals surface area (Å²) in [5, 5.41) is 19.0. The number of hydrogen-bond acceptors (Lipinski definition) is 6. The minimum atomic E-state index is -1.01. The summed E-state index contributed by atoms with van der Waals surface area (Å²) in [6.07, 6.45) is 2.59. The molecule has 7 heteroatoms. The van der Waals surface area contributed by atoms with Crippen LogP contribution in [0.15, 0.2) is 39.7 Å². The Bertz CT molecular complexity index is 773. The lowest BCUT2D eigenvalue weighted by Gasteiger charge is -2.09. The van der Waals surface area contributed by atoms with E-state index in [0.29, 0.717) is 0 Å². The molecule has 0 fully saturated rings. The van der Waals surface area contributed by atoms with Gasteiger partial charge in [-0.05, 0) is 19.1 Å². The Balaban J connectivity index is 2.45. The zero-order valence-electron chi connectivity index (χ0n) is 11.7. The van der Waals surface area contributed by atoms with Crippen LogP contribution in [0.4, 0.5) is 0 Å². The number of allylic oxidation sites excluding steroid dienone is 1. The van der Waals surface area contributed by atoms with Gasteiger partial charge in [-0.15, -0.1) is 0 Å². The van der Waals surface area contributed by atoms with Gasteiger partial charge in [-0.1, -0.05) is 12.1 Å². The number of fused-ring (bicyclic) bond motifs is 1. The first-order valence-electron chi connectivity index (χ1n) is 6.45. The Morgan fingerprint density at radius 2 is 2.18 bits per heavy atom. The van der Waals surface area contributed by atoms with E-state index in [1.54, 1.807) is 19.1 Å². The molecule has 0 saturated heterocycles. The molecular weight excluding hydrogens is 292 g/mol. The second kappa shape index (κ2) is 6.66. The summed E-state index contributed by atoms with van der Waals surface area (Å²) in [6, 6.07) is 4.62. The van der Waals surface area contributed by atoms with Crippen molar-refractivity contribution >= 4 is 16.9 Å². The number of aliphatic carboxylic acids is 1. The normalized spacial score (nSPS) is 11.0. The molecule has 0 atom stereocenters. The smallest absolute Gasteiger partial charge is 0.383 e. The second-order valence-electron chi connectivity index (χ2n) is 4.28. The summed E-state index contributed by atoms with van der Waals surface area (Å²) in [4.78, 5) is 22.3. The van der Waals surface area contributed by atoms with Crippen molar-refractivity contribution in [3.8, 4) is 17.2 Å². The number of carbonyl (C=O) groups is 1. The van der Waals surface area contributed by atoms with Crippen LogP contribution in [0.2, 0.25) is 0 Å². The highest BCUT2D eigenvalue weighted by Crippen LogP contribution is 2.35. The topological polar surface area (TPSA) is 106 Å². The molecule has 2 aromatic rings. The molecule has 0 aliphatic heterocycles. The van der Waals surface area contributed by atoms with Crippen molar-refractivity contribution in [2.24, 2.45) is 0 Å². The monoisotopic (exact) mass is 306 g/mol. The van der Waals surface area contributed by atoms with Gasteiger partial charge in [0, 0.05) is 0 Å². The van der Waals surface area contributed by atoms with Gasteiger partial charge in [-0.2, -0.15) is 0 Å². The summed E-state index contributed by atoms with van der Waals surface area (Å²) in [5.74, 6) is -1.53. The fourth-order valence-corrected chi connectivity index (χ4v) is 1.77. The third kappa shape index (κ3) is 3.20. The van der Waals surface area contributed by atoms with Crippen LogP contribution in [0.3, 0.4) is 0 Å². The minimum absolute atomic E-state index is 0.0308. The van der Waals surface area contributed by atoms with Gasteiger partial charge in [0.1, 0.15) is 0 Å². The van der Waals surface area contributed by atoms with Crippen molar-refractivity contribution in [1.29, 1.82) is 0 Å². The van der Waals surface area contributed by atoms with Crippen LogP contribution in [-0.4, -0.2) is 22.8 Å². The van der Waals surface area contributed by atoms with Gasteiger partial charge in [0.25, 0.3) is 5.75 Å². The van der Waals surface area contributed by atoms with Crippen LogP contribution in [-0.2, 0) is 4.79 Å². The predicted molar refractivity (Wildman–Crippen MR) is 77.3 cm³/mol. The second-order valence-corrected chi connectivity index (χ2v) is 4.28. The molecule has 1 aromatic heterocycles. The molecule has 0 amide bonds. The Hall–Kier alpha value is -2.96. The van der Waals surface area contributed by atoms with Gasteiger partial charge in [0.15, 0.2) is 17.1 Å². The molecule has 1 heterocycles. The summed E-state index contributed by atoms with van der Waals surface area (Å²) >= 11 is 0. The molecule has 0 spiro atoms.